The Bertz CT molecular complexity index is 1490. The van der Waals surface area contributed by atoms with E-state index < -0.39 is 39.2 Å². The fraction of sp³-hybridized carbons (Fsp3) is 0.556. The number of hydrogen-bond donors (Lipinski definition) is 4. The molecule has 0 atom stereocenters. The number of morpholine rings is 1. The van der Waals surface area contributed by atoms with Crippen molar-refractivity contribution in [2.45, 2.75) is 39.5 Å². The fourth-order valence-electron chi connectivity index (χ4n) is 4.95. The molecule has 242 valence electrons. The van der Waals surface area contributed by atoms with E-state index in [-0.39, 0.29) is 11.9 Å². The Balaban J connectivity index is 1.62. The lowest BCUT2D eigenvalue weighted by Gasteiger charge is -2.33. The number of pyridine rings is 1. The van der Waals surface area contributed by atoms with E-state index in [1.807, 2.05) is 17.9 Å². The number of ether oxygens (including phenoxy) is 1. The number of halogens is 3. The van der Waals surface area contributed by atoms with Gasteiger partial charge in [0.05, 0.1) is 30.7 Å². The van der Waals surface area contributed by atoms with E-state index in [9.17, 15) is 26.4 Å². The van der Waals surface area contributed by atoms with Gasteiger partial charge in [0.15, 0.2) is 11.7 Å². The molecule has 2 saturated heterocycles. The molecule has 2 aromatic heterocycles. The normalized spacial score (nSPS) is 17.6. The first-order valence-electron chi connectivity index (χ1n) is 14.1. The van der Waals surface area contributed by atoms with Crippen LogP contribution in [0, 0.1) is 12.3 Å². The van der Waals surface area contributed by atoms with Crippen molar-refractivity contribution in [3.63, 3.8) is 0 Å². The minimum Gasteiger partial charge on any atom is -0.378 e. The lowest BCUT2D eigenvalue weighted by molar-refractivity contribution is -0.137. The maximum atomic E-state index is 14.1. The SMILES string of the molecule is Cc1[nH]c(/C(=N\C(=N)c2cnc(NC(=O)NC(C)C)cc2C(F)(F)F)N2CCOCC2)cc1CN1CCN(S(C)(=O)=O)CC1. The number of aliphatic imine (C=N–C) groups is 1. The van der Waals surface area contributed by atoms with Gasteiger partial charge < -0.3 is 19.9 Å². The summed E-state index contributed by atoms with van der Waals surface area (Å²) < 4.78 is 73.1. The second-order valence-electron chi connectivity index (χ2n) is 11.0. The van der Waals surface area contributed by atoms with Crippen LogP contribution in [0.1, 0.15) is 41.9 Å². The number of amidine groups is 2. The first-order valence-corrected chi connectivity index (χ1v) is 16.0. The Kier molecular flexibility index (Phi) is 10.3. The van der Waals surface area contributed by atoms with Crippen LogP contribution in [0.4, 0.5) is 23.8 Å². The standard InChI is InChI=1S/C27H38F3N9O4S/c1-17(2)33-26(40)35-23-14-21(27(28,29)30)20(15-32-23)24(31)36-25(38-9-11-43-12-10-38)22-13-19(18(3)34-22)16-37-5-7-39(8-6-37)44(4,41)42/h13-15,17,31,34H,5-12,16H2,1-4H3,(H2,32,33,35,40)/b31-24?,36-25+. The van der Waals surface area contributed by atoms with Gasteiger partial charge in [0, 0.05) is 69.3 Å². The van der Waals surface area contributed by atoms with Crippen LogP contribution in [-0.2, 0) is 27.5 Å². The minimum atomic E-state index is -4.85. The Morgan fingerprint density at radius 2 is 1.82 bits per heavy atom. The van der Waals surface area contributed by atoms with Gasteiger partial charge in [0.2, 0.25) is 10.0 Å². The van der Waals surface area contributed by atoms with Gasteiger partial charge in [0.1, 0.15) is 5.82 Å². The predicted molar refractivity (Wildman–Crippen MR) is 160 cm³/mol. The Morgan fingerprint density at radius 1 is 1.16 bits per heavy atom. The minimum absolute atomic E-state index is 0.236. The van der Waals surface area contributed by atoms with Gasteiger partial charge in [-0.2, -0.15) is 17.5 Å². The molecule has 2 amide bonds. The Hall–Kier alpha value is -3.54. The summed E-state index contributed by atoms with van der Waals surface area (Å²) in [6, 6.07) is 1.61. The number of anilines is 1. The number of piperazine rings is 1. The number of nitrogens with one attached hydrogen (secondary N) is 4. The lowest BCUT2D eigenvalue weighted by Crippen LogP contribution is -2.47. The maximum absolute atomic E-state index is 14.1. The molecule has 17 heteroatoms. The highest BCUT2D eigenvalue weighted by Crippen LogP contribution is 2.33. The second-order valence-corrected chi connectivity index (χ2v) is 13.0. The smallest absolute Gasteiger partial charge is 0.378 e. The van der Waals surface area contributed by atoms with E-state index in [2.05, 4.69) is 30.5 Å². The predicted octanol–water partition coefficient (Wildman–Crippen LogP) is 2.45. The summed E-state index contributed by atoms with van der Waals surface area (Å²) in [5.41, 5.74) is 0.590. The first kappa shape index (κ1) is 33.4. The van der Waals surface area contributed by atoms with Crippen molar-refractivity contribution in [2.75, 3.05) is 64.1 Å². The van der Waals surface area contributed by atoms with Crippen molar-refractivity contribution >= 4 is 33.5 Å². The number of amides is 2. The number of alkyl halides is 3. The van der Waals surface area contributed by atoms with E-state index in [0.717, 1.165) is 17.5 Å². The van der Waals surface area contributed by atoms with Crippen LogP contribution < -0.4 is 10.6 Å². The summed E-state index contributed by atoms with van der Waals surface area (Å²) in [6.45, 7) is 9.33. The maximum Gasteiger partial charge on any atom is 0.417 e. The average molecular weight is 642 g/mol. The van der Waals surface area contributed by atoms with Crippen LogP contribution in [0.3, 0.4) is 0 Å². The van der Waals surface area contributed by atoms with E-state index in [0.29, 0.717) is 76.6 Å². The van der Waals surface area contributed by atoms with Crippen LogP contribution in [0.2, 0.25) is 0 Å². The number of urea groups is 1. The average Bonchev–Trinajstić information content (AvgIpc) is 3.30. The fourth-order valence-corrected chi connectivity index (χ4v) is 5.78. The molecular weight excluding hydrogens is 603 g/mol. The number of hydrogen-bond acceptors (Lipinski definition) is 7. The van der Waals surface area contributed by atoms with Crippen molar-refractivity contribution in [1.29, 1.82) is 5.41 Å². The molecular formula is C27H38F3N9O4S. The molecule has 2 aromatic rings. The van der Waals surface area contributed by atoms with Crippen LogP contribution >= 0.6 is 0 Å². The second kappa shape index (κ2) is 13.6. The zero-order chi connectivity index (χ0) is 32.2. The van der Waals surface area contributed by atoms with Gasteiger partial charge in [-0.1, -0.05) is 0 Å². The van der Waals surface area contributed by atoms with Crippen LogP contribution in [0.5, 0.6) is 0 Å². The Morgan fingerprint density at radius 3 is 2.41 bits per heavy atom. The largest absolute Gasteiger partial charge is 0.417 e. The number of rotatable bonds is 7. The topological polar surface area (TPSA) is 159 Å². The molecule has 0 aliphatic carbocycles. The van der Waals surface area contributed by atoms with Gasteiger partial charge in [0.25, 0.3) is 0 Å². The highest BCUT2D eigenvalue weighted by molar-refractivity contribution is 7.88. The van der Waals surface area contributed by atoms with Crippen molar-refractivity contribution in [3.05, 3.63) is 46.4 Å². The van der Waals surface area contributed by atoms with E-state index >= 15 is 0 Å². The summed E-state index contributed by atoms with van der Waals surface area (Å²) in [5.74, 6) is -0.664. The van der Waals surface area contributed by atoms with Crippen LogP contribution in [-0.4, -0.2) is 115 Å². The molecule has 13 nitrogen and oxygen atoms in total. The molecule has 0 unspecified atom stereocenters. The van der Waals surface area contributed by atoms with Crippen molar-refractivity contribution in [2.24, 2.45) is 4.99 Å². The number of H-pyrrole nitrogens is 1. The quantitative estimate of drug-likeness (QED) is 0.267. The molecule has 2 aliphatic rings. The molecule has 0 saturated carbocycles. The van der Waals surface area contributed by atoms with Gasteiger partial charge in [-0.05, 0) is 38.5 Å². The highest BCUT2D eigenvalue weighted by Gasteiger charge is 2.36. The third kappa shape index (κ3) is 8.55. The number of carbonyl (C=O) groups is 1. The summed E-state index contributed by atoms with van der Waals surface area (Å²) in [4.78, 5) is 27.6. The van der Waals surface area contributed by atoms with Gasteiger partial charge in [-0.3, -0.25) is 15.6 Å². The molecule has 4 N–H and O–H groups in total. The zero-order valence-corrected chi connectivity index (χ0v) is 25.9. The number of aryl methyl sites for hydroxylation is 1. The molecule has 0 spiro atoms. The number of carbonyl (C=O) groups excluding carboxylic acids is 1. The summed E-state index contributed by atoms with van der Waals surface area (Å²) >= 11 is 0. The molecule has 0 radical (unpaired) electrons. The van der Waals surface area contributed by atoms with Gasteiger partial charge in [-0.15, -0.1) is 0 Å². The van der Waals surface area contributed by atoms with Crippen molar-refractivity contribution in [1.82, 2.24) is 29.4 Å². The first-order chi connectivity index (χ1) is 20.6. The monoisotopic (exact) mass is 641 g/mol. The molecule has 2 fully saturated rings. The van der Waals surface area contributed by atoms with Gasteiger partial charge >= 0.3 is 12.2 Å². The Labute approximate surface area is 254 Å². The summed E-state index contributed by atoms with van der Waals surface area (Å²) in [7, 11) is -3.26. The summed E-state index contributed by atoms with van der Waals surface area (Å²) in [6.07, 6.45) is -2.76. The molecule has 2 aliphatic heterocycles. The number of aromatic amines is 1. The zero-order valence-electron chi connectivity index (χ0n) is 25.1. The highest BCUT2D eigenvalue weighted by atomic mass is 32.2. The molecule has 0 bridgehead atoms. The molecule has 4 heterocycles. The van der Waals surface area contributed by atoms with Gasteiger partial charge in [-0.25, -0.2) is 23.2 Å². The number of nitrogens with zero attached hydrogens (tertiary/aromatic N) is 5. The van der Waals surface area contributed by atoms with E-state index in [1.54, 1.807) is 13.8 Å². The van der Waals surface area contributed by atoms with E-state index in [4.69, 9.17) is 10.1 Å². The molecule has 4 rings (SSSR count). The summed E-state index contributed by atoms with van der Waals surface area (Å²) in [5, 5.41) is 13.4. The van der Waals surface area contributed by atoms with Crippen LogP contribution in [0.15, 0.2) is 23.3 Å². The third-order valence-corrected chi connectivity index (χ3v) is 8.51. The lowest BCUT2D eigenvalue weighted by atomic mass is 10.1. The molecule has 0 aromatic carbocycles. The van der Waals surface area contributed by atoms with Crippen molar-refractivity contribution < 1.29 is 31.1 Å². The number of aromatic nitrogens is 2. The number of sulfonamides is 1. The van der Waals surface area contributed by atoms with Crippen LogP contribution in [0.25, 0.3) is 0 Å². The van der Waals surface area contributed by atoms with E-state index in [1.165, 1.54) is 10.6 Å². The third-order valence-electron chi connectivity index (χ3n) is 7.21. The van der Waals surface area contributed by atoms with Crippen molar-refractivity contribution in [3.8, 4) is 0 Å². The molecule has 44 heavy (non-hydrogen) atoms.